The van der Waals surface area contributed by atoms with E-state index in [0.29, 0.717) is 12.2 Å². The Bertz CT molecular complexity index is 707. The Kier molecular flexibility index (Phi) is 5.24. The number of halogens is 1. The number of aromatic nitrogens is 2. The van der Waals surface area contributed by atoms with E-state index >= 15 is 0 Å². The van der Waals surface area contributed by atoms with Crippen LogP contribution < -0.4 is 10.0 Å². The molecule has 112 valence electrons. The van der Waals surface area contributed by atoms with Crippen molar-refractivity contribution < 1.29 is 8.42 Å². The molecule has 2 rings (SSSR count). The molecule has 8 heteroatoms. The summed E-state index contributed by atoms with van der Waals surface area (Å²) in [6.07, 6.45) is 1.52. The van der Waals surface area contributed by atoms with Crippen molar-refractivity contribution in [1.29, 1.82) is 0 Å². The highest BCUT2D eigenvalue weighted by Crippen LogP contribution is 2.22. The van der Waals surface area contributed by atoms with Gasteiger partial charge in [-0.05, 0) is 36.9 Å². The van der Waals surface area contributed by atoms with Crippen LogP contribution in [0.15, 0.2) is 41.4 Å². The van der Waals surface area contributed by atoms with Gasteiger partial charge in [0, 0.05) is 12.7 Å². The minimum atomic E-state index is -3.71. The monoisotopic (exact) mass is 326 g/mol. The maximum atomic E-state index is 12.3. The van der Waals surface area contributed by atoms with E-state index in [1.165, 1.54) is 6.20 Å². The number of hydrogen-bond acceptors (Lipinski definition) is 5. The number of rotatable bonds is 6. The van der Waals surface area contributed by atoms with Crippen LogP contribution in [0.2, 0.25) is 5.02 Å². The molecule has 0 radical (unpaired) electrons. The first-order valence-electron chi connectivity index (χ1n) is 6.22. The molecule has 1 heterocycles. The van der Waals surface area contributed by atoms with Gasteiger partial charge in [0.05, 0.1) is 17.3 Å². The maximum absolute atomic E-state index is 12.3. The Morgan fingerprint density at radius 1 is 1.24 bits per heavy atom. The highest BCUT2D eigenvalue weighted by Gasteiger charge is 2.18. The lowest BCUT2D eigenvalue weighted by molar-refractivity contribution is 0.579. The summed E-state index contributed by atoms with van der Waals surface area (Å²) in [6.45, 7) is 0.618. The predicted octanol–water partition coefficient (Wildman–Crippen LogP) is 1.33. The molecule has 1 aromatic heterocycles. The third kappa shape index (κ3) is 4.21. The Morgan fingerprint density at radius 3 is 2.71 bits per heavy atom. The molecule has 0 bridgehead atoms. The van der Waals surface area contributed by atoms with Crippen molar-refractivity contribution in [2.24, 2.45) is 0 Å². The van der Waals surface area contributed by atoms with Crippen LogP contribution in [-0.2, 0) is 23.1 Å². The van der Waals surface area contributed by atoms with E-state index in [2.05, 4.69) is 20.2 Å². The minimum absolute atomic E-state index is 0.0563. The summed E-state index contributed by atoms with van der Waals surface area (Å²) in [5.74, 6) is 0. The zero-order valence-electron chi connectivity index (χ0n) is 11.4. The average molecular weight is 327 g/mol. The van der Waals surface area contributed by atoms with E-state index in [-0.39, 0.29) is 16.5 Å². The van der Waals surface area contributed by atoms with Crippen molar-refractivity contribution >= 4 is 21.6 Å². The Hall–Kier alpha value is -1.54. The quantitative estimate of drug-likeness (QED) is 0.836. The van der Waals surface area contributed by atoms with E-state index < -0.39 is 10.0 Å². The van der Waals surface area contributed by atoms with Gasteiger partial charge in [0.1, 0.15) is 4.90 Å². The Morgan fingerprint density at radius 2 is 2.05 bits per heavy atom. The van der Waals surface area contributed by atoms with E-state index in [9.17, 15) is 8.42 Å². The number of benzene rings is 1. The number of nitrogens with zero attached hydrogens (tertiary/aromatic N) is 2. The van der Waals surface area contributed by atoms with Crippen LogP contribution in [0.25, 0.3) is 0 Å². The van der Waals surface area contributed by atoms with Gasteiger partial charge in [-0.2, -0.15) is 10.2 Å². The largest absolute Gasteiger partial charge is 0.316 e. The van der Waals surface area contributed by atoms with Gasteiger partial charge in [0.15, 0.2) is 0 Å². The van der Waals surface area contributed by atoms with Gasteiger partial charge in [-0.25, -0.2) is 13.1 Å². The van der Waals surface area contributed by atoms with Crippen molar-refractivity contribution in [1.82, 2.24) is 20.2 Å². The second-order valence-electron chi connectivity index (χ2n) is 4.33. The Labute approximate surface area is 128 Å². The SMILES string of the molecule is CNCc1ccc(Cl)c(S(=O)(=O)NCc2cccnn2)c1. The summed E-state index contributed by atoms with van der Waals surface area (Å²) in [7, 11) is -1.92. The van der Waals surface area contributed by atoms with Crippen molar-refractivity contribution in [2.45, 2.75) is 18.0 Å². The fourth-order valence-electron chi connectivity index (χ4n) is 1.74. The maximum Gasteiger partial charge on any atom is 0.242 e. The van der Waals surface area contributed by atoms with E-state index in [1.807, 2.05) is 0 Å². The molecule has 1 aromatic carbocycles. The van der Waals surface area contributed by atoms with E-state index in [4.69, 9.17) is 11.6 Å². The summed E-state index contributed by atoms with van der Waals surface area (Å²) in [5.41, 5.74) is 1.37. The molecule has 0 saturated heterocycles. The molecule has 21 heavy (non-hydrogen) atoms. The summed E-state index contributed by atoms with van der Waals surface area (Å²) in [5, 5.41) is 10.7. The van der Waals surface area contributed by atoms with Gasteiger partial charge in [0.25, 0.3) is 0 Å². The number of nitrogens with one attached hydrogen (secondary N) is 2. The molecule has 0 aliphatic rings. The average Bonchev–Trinajstić information content (AvgIpc) is 2.48. The highest BCUT2D eigenvalue weighted by molar-refractivity contribution is 7.89. The van der Waals surface area contributed by atoms with Crippen molar-refractivity contribution in [2.75, 3.05) is 7.05 Å². The highest BCUT2D eigenvalue weighted by atomic mass is 35.5. The fourth-order valence-corrected chi connectivity index (χ4v) is 3.29. The summed E-state index contributed by atoms with van der Waals surface area (Å²) in [6, 6.07) is 8.29. The van der Waals surface area contributed by atoms with Crippen LogP contribution in [0.5, 0.6) is 0 Å². The smallest absolute Gasteiger partial charge is 0.242 e. The molecule has 6 nitrogen and oxygen atoms in total. The van der Waals surface area contributed by atoms with Crippen LogP contribution in [0.3, 0.4) is 0 Å². The van der Waals surface area contributed by atoms with Crippen LogP contribution in [0.4, 0.5) is 0 Å². The van der Waals surface area contributed by atoms with Gasteiger partial charge in [-0.3, -0.25) is 0 Å². The van der Waals surface area contributed by atoms with Gasteiger partial charge in [-0.1, -0.05) is 17.7 Å². The topological polar surface area (TPSA) is 84.0 Å². The van der Waals surface area contributed by atoms with Crippen molar-refractivity contribution in [3.63, 3.8) is 0 Å². The second kappa shape index (κ2) is 6.95. The third-order valence-corrected chi connectivity index (χ3v) is 4.62. The molecule has 2 N–H and O–H groups in total. The first kappa shape index (κ1) is 15.8. The van der Waals surface area contributed by atoms with Gasteiger partial charge < -0.3 is 5.32 Å². The zero-order valence-corrected chi connectivity index (χ0v) is 12.9. The minimum Gasteiger partial charge on any atom is -0.316 e. The molecule has 2 aromatic rings. The van der Waals surface area contributed by atoms with Gasteiger partial charge >= 0.3 is 0 Å². The lowest BCUT2D eigenvalue weighted by Crippen LogP contribution is -2.24. The standard InChI is InChI=1S/C13H15ClN4O2S/c1-15-8-10-4-5-12(14)13(7-10)21(19,20)17-9-11-3-2-6-16-18-11/h2-7,15,17H,8-9H2,1H3. The first-order valence-corrected chi connectivity index (χ1v) is 8.08. The van der Waals surface area contributed by atoms with Crippen LogP contribution in [0.1, 0.15) is 11.3 Å². The molecule has 0 spiro atoms. The Balaban J connectivity index is 2.21. The van der Waals surface area contributed by atoms with Crippen LogP contribution in [0, 0.1) is 0 Å². The molecular weight excluding hydrogens is 312 g/mol. The van der Waals surface area contributed by atoms with Gasteiger partial charge in [0.2, 0.25) is 10.0 Å². The summed E-state index contributed by atoms with van der Waals surface area (Å²) < 4.78 is 27.1. The van der Waals surface area contributed by atoms with Crippen molar-refractivity contribution in [3.05, 3.63) is 52.8 Å². The number of hydrogen-bond donors (Lipinski definition) is 2. The molecule has 0 saturated carbocycles. The molecule has 0 unspecified atom stereocenters. The summed E-state index contributed by atoms with van der Waals surface area (Å²) in [4.78, 5) is 0.0563. The zero-order chi connectivity index (χ0) is 15.3. The molecule has 0 aliphatic carbocycles. The normalized spacial score (nSPS) is 11.5. The third-order valence-electron chi connectivity index (χ3n) is 2.74. The van der Waals surface area contributed by atoms with E-state index in [1.54, 1.807) is 37.4 Å². The summed E-state index contributed by atoms with van der Waals surface area (Å²) >= 11 is 6.00. The van der Waals surface area contributed by atoms with Crippen molar-refractivity contribution in [3.8, 4) is 0 Å². The van der Waals surface area contributed by atoms with Crippen LogP contribution >= 0.6 is 11.6 Å². The second-order valence-corrected chi connectivity index (χ2v) is 6.48. The molecule has 0 amide bonds. The lowest BCUT2D eigenvalue weighted by Gasteiger charge is -2.10. The molecule has 0 aliphatic heterocycles. The fraction of sp³-hybridized carbons (Fsp3) is 0.231. The van der Waals surface area contributed by atoms with Gasteiger partial charge in [-0.15, -0.1) is 0 Å². The predicted molar refractivity (Wildman–Crippen MR) is 80.3 cm³/mol. The van der Waals surface area contributed by atoms with E-state index in [0.717, 1.165) is 5.56 Å². The molecule has 0 atom stereocenters. The molecular formula is C13H15ClN4O2S. The number of sulfonamides is 1. The van der Waals surface area contributed by atoms with Crippen LogP contribution in [-0.4, -0.2) is 25.7 Å². The molecule has 0 fully saturated rings. The lowest BCUT2D eigenvalue weighted by atomic mass is 10.2. The first-order chi connectivity index (χ1) is 10.0.